The van der Waals surface area contributed by atoms with E-state index < -0.39 is 23.4 Å². The lowest BCUT2D eigenvalue weighted by Gasteiger charge is -2.38. The highest BCUT2D eigenvalue weighted by atomic mass is 16.5. The third kappa shape index (κ3) is 7.94. The highest BCUT2D eigenvalue weighted by Crippen LogP contribution is 2.28. The number of nitrogens with zero attached hydrogens (tertiary/aromatic N) is 7. The number of benzene rings is 2. The number of anilines is 2. The number of nitrogens with one attached hydrogen (secondary N) is 1. The van der Waals surface area contributed by atoms with E-state index in [-0.39, 0.29) is 36.7 Å². The van der Waals surface area contributed by atoms with Gasteiger partial charge in [0.1, 0.15) is 11.6 Å². The number of carbonyl (C=O) groups excluding carboxylic acids is 4. The monoisotopic (exact) mass is 713 g/mol. The summed E-state index contributed by atoms with van der Waals surface area (Å²) in [6.45, 7) is 8.41. The van der Waals surface area contributed by atoms with Crippen LogP contribution < -0.4 is 26.4 Å². The Hall–Kier alpha value is -4.89. The number of hydrogen-bond donors (Lipinski definition) is 2. The van der Waals surface area contributed by atoms with Gasteiger partial charge in [-0.15, -0.1) is 5.10 Å². The van der Waals surface area contributed by atoms with Crippen LogP contribution in [0.2, 0.25) is 0 Å². The number of hydrogen-bond acceptors (Lipinski definition) is 11. The first kappa shape index (κ1) is 35.5. The first-order chi connectivity index (χ1) is 25.2. The van der Waals surface area contributed by atoms with Crippen LogP contribution in [0.15, 0.2) is 47.3 Å². The van der Waals surface area contributed by atoms with Gasteiger partial charge in [-0.05, 0) is 81.0 Å². The Morgan fingerprint density at radius 2 is 1.52 bits per heavy atom. The minimum Gasteiger partial charge on any atom is -0.378 e. The van der Waals surface area contributed by atoms with Crippen molar-refractivity contribution in [1.29, 1.82) is 0 Å². The van der Waals surface area contributed by atoms with Crippen LogP contribution in [-0.2, 0) is 19.1 Å². The summed E-state index contributed by atoms with van der Waals surface area (Å²) in [7, 11) is 0. The maximum absolute atomic E-state index is 13.5. The second kappa shape index (κ2) is 15.8. The summed E-state index contributed by atoms with van der Waals surface area (Å²) in [4.78, 5) is 71.1. The number of primary amides is 1. The number of piperazine rings is 1. The molecule has 0 radical (unpaired) electrons. The van der Waals surface area contributed by atoms with Gasteiger partial charge in [-0.25, -0.2) is 0 Å². The number of rotatable bonds is 10. The normalized spacial score (nSPS) is 21.1. The Labute approximate surface area is 302 Å². The Bertz CT molecular complexity index is 1840. The molecular formula is C37H47N9O6. The molecule has 4 aliphatic heterocycles. The fourth-order valence-electron chi connectivity index (χ4n) is 7.85. The highest BCUT2D eigenvalue weighted by Gasteiger charge is 2.33. The number of fused-ring (bicyclic) bond motifs is 1. The molecule has 276 valence electrons. The Morgan fingerprint density at radius 3 is 2.21 bits per heavy atom. The topological polar surface area (TPSA) is 176 Å². The van der Waals surface area contributed by atoms with E-state index in [0.29, 0.717) is 29.6 Å². The van der Waals surface area contributed by atoms with Crippen LogP contribution in [-0.4, -0.2) is 120 Å². The zero-order valence-corrected chi connectivity index (χ0v) is 29.5. The largest absolute Gasteiger partial charge is 0.378 e. The molecule has 15 heteroatoms. The Kier molecular flexibility index (Phi) is 10.8. The lowest BCUT2D eigenvalue weighted by Crippen LogP contribution is -2.47. The van der Waals surface area contributed by atoms with Crippen molar-refractivity contribution in [3.8, 4) is 0 Å². The fraction of sp³-hybridized carbons (Fsp3) is 0.541. The molecule has 1 aromatic heterocycles. The molecule has 4 fully saturated rings. The number of likely N-dealkylation sites (tertiary alicyclic amines) is 1. The summed E-state index contributed by atoms with van der Waals surface area (Å²) < 4.78 is 7.31. The van der Waals surface area contributed by atoms with Crippen molar-refractivity contribution in [3.63, 3.8) is 0 Å². The van der Waals surface area contributed by atoms with Gasteiger partial charge >= 0.3 is 0 Å². The second-order valence-electron chi connectivity index (χ2n) is 14.3. The standard InChI is InChI=1S/C37H47N9O6/c38-34(48)25-2-4-27(5-3-25)44-21-19-42(20-22-44)14-1-23-52-29-12-17-45(18-13-29)36(50)26-10-15-43(16-11-26)28-6-7-31-30(24-28)37(51)46(41-40-31)32-8-9-33(47)39-35(32)49/h2-7,24,26,29,32H,1,8-23H2,(H2,38,48)(H,39,47,49). The van der Waals surface area contributed by atoms with Crippen molar-refractivity contribution in [2.75, 3.05) is 75.3 Å². The molecular weight excluding hydrogens is 666 g/mol. The van der Waals surface area contributed by atoms with Gasteiger partial charge in [0.2, 0.25) is 17.7 Å². The lowest BCUT2D eigenvalue weighted by atomic mass is 9.93. The number of nitrogens with two attached hydrogens (primary N) is 1. The number of imide groups is 1. The van der Waals surface area contributed by atoms with Crippen molar-refractivity contribution in [3.05, 3.63) is 58.4 Å². The Morgan fingerprint density at radius 1 is 0.827 bits per heavy atom. The third-order valence-corrected chi connectivity index (χ3v) is 11.0. The molecule has 15 nitrogen and oxygen atoms in total. The van der Waals surface area contributed by atoms with E-state index in [1.54, 1.807) is 24.3 Å². The number of amides is 4. The molecule has 0 saturated carbocycles. The van der Waals surface area contributed by atoms with Gasteiger partial charge in [0.25, 0.3) is 11.5 Å². The molecule has 2 aromatic carbocycles. The van der Waals surface area contributed by atoms with Crippen LogP contribution in [0.1, 0.15) is 61.3 Å². The van der Waals surface area contributed by atoms with Crippen molar-refractivity contribution < 1.29 is 23.9 Å². The predicted molar refractivity (Wildman–Crippen MR) is 194 cm³/mol. The maximum Gasteiger partial charge on any atom is 0.278 e. The van der Waals surface area contributed by atoms with E-state index in [1.807, 2.05) is 23.1 Å². The van der Waals surface area contributed by atoms with Crippen LogP contribution >= 0.6 is 0 Å². The first-order valence-corrected chi connectivity index (χ1v) is 18.5. The number of ether oxygens (including phenoxy) is 1. The molecule has 7 rings (SSSR count). The van der Waals surface area contributed by atoms with E-state index in [9.17, 15) is 24.0 Å². The van der Waals surface area contributed by atoms with Gasteiger partial charge in [0.15, 0.2) is 0 Å². The summed E-state index contributed by atoms with van der Waals surface area (Å²) in [6, 6.07) is 12.1. The van der Waals surface area contributed by atoms with Gasteiger partial charge < -0.3 is 25.2 Å². The molecule has 52 heavy (non-hydrogen) atoms. The van der Waals surface area contributed by atoms with Crippen molar-refractivity contribution >= 4 is 45.9 Å². The number of carbonyl (C=O) groups is 4. The van der Waals surface area contributed by atoms with Crippen LogP contribution in [0, 0.1) is 5.92 Å². The molecule has 1 unspecified atom stereocenters. The quantitative estimate of drug-likeness (QED) is 0.229. The van der Waals surface area contributed by atoms with Crippen molar-refractivity contribution in [2.24, 2.45) is 11.7 Å². The average Bonchev–Trinajstić information content (AvgIpc) is 3.17. The van der Waals surface area contributed by atoms with Gasteiger partial charge in [-0.3, -0.25) is 34.2 Å². The third-order valence-electron chi connectivity index (χ3n) is 11.0. The minimum absolute atomic E-state index is 0.0280. The maximum atomic E-state index is 13.5. The highest BCUT2D eigenvalue weighted by molar-refractivity contribution is 5.99. The molecule has 3 N–H and O–H groups in total. The first-order valence-electron chi connectivity index (χ1n) is 18.5. The van der Waals surface area contributed by atoms with Crippen LogP contribution in [0.5, 0.6) is 0 Å². The smallest absolute Gasteiger partial charge is 0.278 e. The van der Waals surface area contributed by atoms with Crippen LogP contribution in [0.25, 0.3) is 10.9 Å². The molecule has 1 atom stereocenters. The van der Waals surface area contributed by atoms with E-state index >= 15 is 0 Å². The molecule has 4 aliphatic rings. The van der Waals surface area contributed by atoms with Gasteiger partial charge in [0, 0.05) is 94.8 Å². The summed E-state index contributed by atoms with van der Waals surface area (Å²) >= 11 is 0. The summed E-state index contributed by atoms with van der Waals surface area (Å²) in [6.07, 6.45) is 4.69. The van der Waals surface area contributed by atoms with E-state index in [1.165, 1.54) is 0 Å². The summed E-state index contributed by atoms with van der Waals surface area (Å²) in [5, 5.41) is 10.8. The number of aromatic nitrogens is 3. The zero-order chi connectivity index (χ0) is 36.2. The van der Waals surface area contributed by atoms with E-state index in [4.69, 9.17) is 10.5 Å². The Balaban J connectivity index is 0.813. The van der Waals surface area contributed by atoms with Gasteiger partial charge in [0.05, 0.1) is 11.5 Å². The van der Waals surface area contributed by atoms with E-state index in [2.05, 4.69) is 30.3 Å². The minimum atomic E-state index is -0.870. The van der Waals surface area contributed by atoms with E-state index in [0.717, 1.165) is 101 Å². The second-order valence-corrected chi connectivity index (χ2v) is 14.3. The van der Waals surface area contributed by atoms with Crippen molar-refractivity contribution in [2.45, 2.75) is 57.1 Å². The van der Waals surface area contributed by atoms with Gasteiger partial charge in [-0.1, -0.05) is 5.21 Å². The molecule has 4 amide bonds. The summed E-state index contributed by atoms with van der Waals surface area (Å²) in [5.74, 6) is -1.11. The average molecular weight is 714 g/mol. The summed E-state index contributed by atoms with van der Waals surface area (Å²) in [5.41, 5.74) is 7.89. The fourth-order valence-corrected chi connectivity index (χ4v) is 7.85. The molecule has 0 aliphatic carbocycles. The zero-order valence-electron chi connectivity index (χ0n) is 29.5. The number of piperidine rings is 3. The lowest BCUT2D eigenvalue weighted by molar-refractivity contribution is -0.139. The molecule has 4 saturated heterocycles. The SMILES string of the molecule is NC(=O)c1ccc(N2CCN(CCCOC3CCN(C(=O)C4CCN(c5ccc6nnn(C7CCC(=O)NC7=O)c(=O)c6c5)CC4)CC3)CC2)cc1. The molecule has 0 bridgehead atoms. The molecule has 5 heterocycles. The van der Waals surface area contributed by atoms with Crippen LogP contribution in [0.4, 0.5) is 11.4 Å². The van der Waals surface area contributed by atoms with Crippen molar-refractivity contribution in [1.82, 2.24) is 30.1 Å². The van der Waals surface area contributed by atoms with Crippen LogP contribution in [0.3, 0.4) is 0 Å². The predicted octanol–water partition coefficient (Wildman–Crippen LogP) is 1.30. The molecule has 3 aromatic rings. The molecule has 0 spiro atoms. The van der Waals surface area contributed by atoms with Gasteiger partial charge in [-0.2, -0.15) is 4.68 Å².